The molecule has 1 N–H and O–H groups in total. The minimum Gasteiger partial charge on any atom is -0.295 e. The van der Waals surface area contributed by atoms with Gasteiger partial charge in [-0.15, -0.1) is 0 Å². The molecule has 3 aromatic rings. The number of imidazole rings is 1. The SMILES string of the molecule is CC[C@H](C)C(=O)Nc1nc2ccc(C#N)cc2n1-c1ccc(F)cc1. The molecule has 1 atom stereocenters. The van der Waals surface area contributed by atoms with Gasteiger partial charge in [0.25, 0.3) is 0 Å². The molecule has 0 saturated heterocycles. The van der Waals surface area contributed by atoms with E-state index in [1.54, 1.807) is 34.9 Å². The minimum absolute atomic E-state index is 0.137. The Morgan fingerprint density at radius 1 is 1.32 bits per heavy atom. The van der Waals surface area contributed by atoms with Gasteiger partial charge in [-0.1, -0.05) is 13.8 Å². The summed E-state index contributed by atoms with van der Waals surface area (Å²) in [5.41, 5.74) is 2.45. The van der Waals surface area contributed by atoms with Crippen molar-refractivity contribution in [2.75, 3.05) is 5.32 Å². The number of rotatable bonds is 4. The molecule has 1 amide bonds. The largest absolute Gasteiger partial charge is 0.295 e. The lowest BCUT2D eigenvalue weighted by Crippen LogP contribution is -2.21. The number of hydrogen-bond acceptors (Lipinski definition) is 3. The molecule has 0 bridgehead atoms. The molecule has 0 radical (unpaired) electrons. The Balaban J connectivity index is 2.18. The monoisotopic (exact) mass is 336 g/mol. The topological polar surface area (TPSA) is 70.7 Å². The predicted octanol–water partition coefficient (Wildman–Crippen LogP) is 4.02. The second-order valence-electron chi connectivity index (χ2n) is 5.86. The third kappa shape index (κ3) is 3.22. The van der Waals surface area contributed by atoms with Crippen molar-refractivity contribution in [3.8, 4) is 11.8 Å². The van der Waals surface area contributed by atoms with Crippen molar-refractivity contribution in [1.29, 1.82) is 5.26 Å². The highest BCUT2D eigenvalue weighted by Crippen LogP contribution is 2.26. The molecule has 126 valence electrons. The fourth-order valence-corrected chi connectivity index (χ4v) is 2.50. The number of fused-ring (bicyclic) bond motifs is 1. The molecule has 0 aliphatic carbocycles. The van der Waals surface area contributed by atoms with Crippen molar-refractivity contribution < 1.29 is 9.18 Å². The summed E-state index contributed by atoms with van der Waals surface area (Å²) < 4.78 is 15.0. The van der Waals surface area contributed by atoms with Crippen LogP contribution in [0.1, 0.15) is 25.8 Å². The van der Waals surface area contributed by atoms with Crippen LogP contribution in [0.4, 0.5) is 10.3 Å². The van der Waals surface area contributed by atoms with E-state index in [1.165, 1.54) is 12.1 Å². The summed E-state index contributed by atoms with van der Waals surface area (Å²) >= 11 is 0. The van der Waals surface area contributed by atoms with E-state index in [0.29, 0.717) is 34.7 Å². The van der Waals surface area contributed by atoms with E-state index in [4.69, 9.17) is 5.26 Å². The summed E-state index contributed by atoms with van der Waals surface area (Å²) in [4.78, 5) is 16.8. The number of aromatic nitrogens is 2. The minimum atomic E-state index is -0.351. The number of amides is 1. The summed E-state index contributed by atoms with van der Waals surface area (Å²) in [6.07, 6.45) is 0.710. The highest BCUT2D eigenvalue weighted by molar-refractivity contribution is 5.93. The molecule has 1 aromatic heterocycles. The van der Waals surface area contributed by atoms with Crippen LogP contribution in [0.5, 0.6) is 0 Å². The molecule has 2 aromatic carbocycles. The van der Waals surface area contributed by atoms with Crippen LogP contribution < -0.4 is 5.32 Å². The summed E-state index contributed by atoms with van der Waals surface area (Å²) in [5, 5.41) is 12.0. The molecule has 0 spiro atoms. The van der Waals surface area contributed by atoms with Gasteiger partial charge < -0.3 is 0 Å². The number of halogens is 1. The Kier molecular flexibility index (Phi) is 4.48. The molecule has 6 heteroatoms. The maximum absolute atomic E-state index is 13.3. The number of carbonyl (C=O) groups excluding carboxylic acids is 1. The Morgan fingerprint density at radius 3 is 2.68 bits per heavy atom. The number of nitriles is 1. The Bertz CT molecular complexity index is 969. The van der Waals surface area contributed by atoms with Crippen LogP contribution in [0.25, 0.3) is 16.7 Å². The van der Waals surface area contributed by atoms with Crippen LogP contribution in [0.2, 0.25) is 0 Å². The summed E-state index contributed by atoms with van der Waals surface area (Å²) in [7, 11) is 0. The highest BCUT2D eigenvalue weighted by atomic mass is 19.1. The van der Waals surface area contributed by atoms with Crippen molar-refractivity contribution in [2.24, 2.45) is 5.92 Å². The van der Waals surface area contributed by atoms with Gasteiger partial charge in [0.1, 0.15) is 5.82 Å². The van der Waals surface area contributed by atoms with Crippen molar-refractivity contribution in [3.63, 3.8) is 0 Å². The van der Waals surface area contributed by atoms with Crippen LogP contribution >= 0.6 is 0 Å². The molecular formula is C19H17FN4O. The van der Waals surface area contributed by atoms with E-state index in [-0.39, 0.29) is 17.6 Å². The van der Waals surface area contributed by atoms with Crippen molar-refractivity contribution in [1.82, 2.24) is 9.55 Å². The zero-order chi connectivity index (χ0) is 18.0. The predicted molar refractivity (Wildman–Crippen MR) is 93.8 cm³/mol. The molecule has 0 aliphatic rings. The van der Waals surface area contributed by atoms with Gasteiger partial charge in [-0.25, -0.2) is 9.37 Å². The van der Waals surface area contributed by atoms with Gasteiger partial charge in [0.15, 0.2) is 0 Å². The quantitative estimate of drug-likeness (QED) is 0.782. The van der Waals surface area contributed by atoms with Crippen molar-refractivity contribution in [3.05, 3.63) is 53.8 Å². The standard InChI is InChI=1S/C19H17FN4O/c1-3-12(2)18(25)23-19-22-16-9-4-13(11-21)10-17(16)24(19)15-7-5-14(20)6-8-15/h4-10,12H,3H2,1-2H3,(H,22,23,25)/t12-/m0/s1. The number of hydrogen-bond donors (Lipinski definition) is 1. The molecule has 0 saturated carbocycles. The normalized spacial score (nSPS) is 11.9. The van der Waals surface area contributed by atoms with Crippen LogP contribution in [-0.2, 0) is 4.79 Å². The number of nitrogens with one attached hydrogen (secondary N) is 1. The van der Waals surface area contributed by atoms with Gasteiger partial charge in [-0.05, 0) is 48.9 Å². The Labute approximate surface area is 144 Å². The zero-order valence-corrected chi connectivity index (χ0v) is 14.0. The maximum atomic E-state index is 13.3. The summed E-state index contributed by atoms with van der Waals surface area (Å²) in [6, 6.07) is 13.1. The summed E-state index contributed by atoms with van der Waals surface area (Å²) in [5.74, 6) is -0.295. The number of carbonyl (C=O) groups is 1. The molecule has 1 heterocycles. The number of benzene rings is 2. The van der Waals surface area contributed by atoms with Gasteiger partial charge in [0, 0.05) is 11.6 Å². The van der Waals surface area contributed by atoms with E-state index >= 15 is 0 Å². The van der Waals surface area contributed by atoms with Crippen LogP contribution in [0, 0.1) is 23.1 Å². The second kappa shape index (κ2) is 6.73. The Hall–Kier alpha value is -3.20. The number of anilines is 1. The first-order chi connectivity index (χ1) is 12.0. The third-order valence-corrected chi connectivity index (χ3v) is 4.16. The fraction of sp³-hybridized carbons (Fsp3) is 0.211. The smallest absolute Gasteiger partial charge is 0.229 e. The molecule has 25 heavy (non-hydrogen) atoms. The lowest BCUT2D eigenvalue weighted by atomic mass is 10.1. The van der Waals surface area contributed by atoms with Gasteiger partial charge in [-0.3, -0.25) is 14.7 Å². The van der Waals surface area contributed by atoms with Gasteiger partial charge in [-0.2, -0.15) is 5.26 Å². The summed E-state index contributed by atoms with van der Waals surface area (Å²) in [6.45, 7) is 3.78. The van der Waals surface area contributed by atoms with E-state index in [9.17, 15) is 9.18 Å². The highest BCUT2D eigenvalue weighted by Gasteiger charge is 2.18. The lowest BCUT2D eigenvalue weighted by Gasteiger charge is -2.12. The fourth-order valence-electron chi connectivity index (χ4n) is 2.50. The first-order valence-corrected chi connectivity index (χ1v) is 8.03. The second-order valence-corrected chi connectivity index (χ2v) is 5.86. The first-order valence-electron chi connectivity index (χ1n) is 8.03. The molecule has 3 rings (SSSR count). The average Bonchev–Trinajstić information content (AvgIpc) is 2.98. The van der Waals surface area contributed by atoms with Crippen molar-refractivity contribution in [2.45, 2.75) is 20.3 Å². The van der Waals surface area contributed by atoms with Crippen LogP contribution in [-0.4, -0.2) is 15.5 Å². The van der Waals surface area contributed by atoms with Gasteiger partial charge in [0.05, 0.1) is 22.7 Å². The van der Waals surface area contributed by atoms with E-state index in [2.05, 4.69) is 16.4 Å². The molecule has 0 aliphatic heterocycles. The lowest BCUT2D eigenvalue weighted by molar-refractivity contribution is -0.119. The van der Waals surface area contributed by atoms with E-state index < -0.39 is 0 Å². The molecule has 0 unspecified atom stereocenters. The Morgan fingerprint density at radius 2 is 2.04 bits per heavy atom. The molecule has 0 fully saturated rings. The zero-order valence-electron chi connectivity index (χ0n) is 14.0. The van der Waals surface area contributed by atoms with Crippen molar-refractivity contribution >= 4 is 22.9 Å². The van der Waals surface area contributed by atoms with Crippen LogP contribution in [0.3, 0.4) is 0 Å². The van der Waals surface area contributed by atoms with E-state index in [1.807, 2.05) is 13.8 Å². The number of nitrogens with zero attached hydrogens (tertiary/aromatic N) is 3. The van der Waals surface area contributed by atoms with Gasteiger partial charge in [0.2, 0.25) is 11.9 Å². The molecular weight excluding hydrogens is 319 g/mol. The van der Waals surface area contributed by atoms with Crippen LogP contribution in [0.15, 0.2) is 42.5 Å². The average molecular weight is 336 g/mol. The first kappa shape index (κ1) is 16.7. The van der Waals surface area contributed by atoms with Gasteiger partial charge >= 0.3 is 0 Å². The maximum Gasteiger partial charge on any atom is 0.229 e. The molecule has 5 nitrogen and oxygen atoms in total. The van der Waals surface area contributed by atoms with E-state index in [0.717, 1.165) is 0 Å². The third-order valence-electron chi connectivity index (χ3n) is 4.16.